The van der Waals surface area contributed by atoms with Gasteiger partial charge in [0.25, 0.3) is 0 Å². The van der Waals surface area contributed by atoms with Gasteiger partial charge in [-0.2, -0.15) is 0 Å². The van der Waals surface area contributed by atoms with Gasteiger partial charge in [-0.25, -0.2) is 4.39 Å². The highest BCUT2D eigenvalue weighted by Gasteiger charge is 2.38. The summed E-state index contributed by atoms with van der Waals surface area (Å²) >= 11 is 0. The summed E-state index contributed by atoms with van der Waals surface area (Å²) < 4.78 is 13.6. The van der Waals surface area contributed by atoms with E-state index < -0.39 is 17.0 Å². The third-order valence-electron chi connectivity index (χ3n) is 4.55. The Morgan fingerprint density at radius 3 is 2.58 bits per heavy atom. The molecule has 0 aliphatic carbocycles. The summed E-state index contributed by atoms with van der Waals surface area (Å²) in [5.74, 6) is -1.43. The number of carbonyl (C=O) groups is 3. The van der Waals surface area contributed by atoms with Crippen molar-refractivity contribution in [2.24, 2.45) is 0 Å². The molecule has 6 heteroatoms. The fraction of sp³-hybridized carbons (Fsp3) is 0.250. The van der Waals surface area contributed by atoms with Crippen molar-refractivity contribution in [2.75, 3.05) is 10.6 Å². The lowest BCUT2D eigenvalue weighted by Crippen LogP contribution is -2.26. The molecule has 1 heterocycles. The van der Waals surface area contributed by atoms with E-state index in [1.165, 1.54) is 18.2 Å². The number of Topliss-reactive ketones (excluding diaryl/α,β-unsaturated/α-hetero) is 1. The van der Waals surface area contributed by atoms with Gasteiger partial charge in [-0.15, -0.1) is 0 Å². The minimum absolute atomic E-state index is 0.0100. The first kappa shape index (κ1) is 17.8. The number of rotatable bonds is 5. The number of hydrogen-bond acceptors (Lipinski definition) is 3. The predicted molar refractivity (Wildman–Crippen MR) is 96.7 cm³/mol. The molecule has 26 heavy (non-hydrogen) atoms. The number of amides is 2. The number of halogens is 1. The molecule has 0 spiro atoms. The topological polar surface area (TPSA) is 75.3 Å². The van der Waals surface area contributed by atoms with Crippen LogP contribution in [0.1, 0.15) is 42.6 Å². The Balaban J connectivity index is 1.63. The Hall–Kier alpha value is -3.02. The molecule has 2 aromatic carbocycles. The molecule has 0 fully saturated rings. The zero-order valence-corrected chi connectivity index (χ0v) is 14.6. The van der Waals surface area contributed by atoms with Crippen LogP contribution >= 0.6 is 0 Å². The molecule has 0 unspecified atom stereocenters. The monoisotopic (exact) mass is 354 g/mol. The van der Waals surface area contributed by atoms with Gasteiger partial charge in [0.05, 0.1) is 11.0 Å². The summed E-state index contributed by atoms with van der Waals surface area (Å²) in [6, 6.07) is 10.9. The Morgan fingerprint density at radius 1 is 1.12 bits per heavy atom. The van der Waals surface area contributed by atoms with Gasteiger partial charge >= 0.3 is 0 Å². The molecule has 0 radical (unpaired) electrons. The highest BCUT2D eigenvalue weighted by Crippen LogP contribution is 2.38. The standard InChI is InChI=1S/C20H19FN2O3/c1-20(2)14-11-12(7-8-16(14)23-19(20)26)22-18(25)10-9-17(24)13-5-3-4-6-15(13)21/h3-8,11H,9-10H2,1-2H3,(H,22,25)(H,23,26). The Labute approximate surface area is 150 Å². The fourth-order valence-corrected chi connectivity index (χ4v) is 2.92. The second-order valence-corrected chi connectivity index (χ2v) is 6.79. The lowest BCUT2D eigenvalue weighted by atomic mass is 9.86. The molecule has 3 rings (SSSR count). The third-order valence-corrected chi connectivity index (χ3v) is 4.55. The summed E-state index contributed by atoms with van der Waals surface area (Å²) in [7, 11) is 0. The van der Waals surface area contributed by atoms with E-state index in [1.807, 2.05) is 13.8 Å². The Bertz CT molecular complexity index is 906. The third kappa shape index (κ3) is 3.35. The maximum absolute atomic E-state index is 13.6. The maximum atomic E-state index is 13.6. The van der Waals surface area contributed by atoms with E-state index in [-0.39, 0.29) is 30.2 Å². The largest absolute Gasteiger partial charge is 0.326 e. The fourth-order valence-electron chi connectivity index (χ4n) is 2.92. The first-order chi connectivity index (χ1) is 12.3. The number of carbonyl (C=O) groups excluding carboxylic acids is 3. The highest BCUT2D eigenvalue weighted by atomic mass is 19.1. The van der Waals surface area contributed by atoms with Gasteiger partial charge in [0.1, 0.15) is 5.82 Å². The molecular weight excluding hydrogens is 335 g/mol. The molecule has 0 atom stereocenters. The average Bonchev–Trinajstić information content (AvgIpc) is 2.83. The molecule has 1 aliphatic rings. The van der Waals surface area contributed by atoms with Crippen LogP contribution in [0.2, 0.25) is 0 Å². The van der Waals surface area contributed by atoms with E-state index in [2.05, 4.69) is 10.6 Å². The van der Waals surface area contributed by atoms with Crippen LogP contribution in [-0.4, -0.2) is 17.6 Å². The predicted octanol–water partition coefficient (Wildman–Crippen LogP) is 3.66. The van der Waals surface area contributed by atoms with E-state index in [4.69, 9.17) is 0 Å². The van der Waals surface area contributed by atoms with E-state index in [1.54, 1.807) is 24.3 Å². The second-order valence-electron chi connectivity index (χ2n) is 6.79. The molecule has 5 nitrogen and oxygen atoms in total. The summed E-state index contributed by atoms with van der Waals surface area (Å²) in [6.45, 7) is 3.62. The Morgan fingerprint density at radius 2 is 1.85 bits per heavy atom. The normalized spacial score (nSPS) is 14.5. The van der Waals surface area contributed by atoms with Crippen LogP contribution in [-0.2, 0) is 15.0 Å². The first-order valence-corrected chi connectivity index (χ1v) is 8.32. The van der Waals surface area contributed by atoms with Crippen LogP contribution in [0.3, 0.4) is 0 Å². The smallest absolute Gasteiger partial charge is 0.234 e. The zero-order chi connectivity index (χ0) is 18.9. The molecule has 0 saturated carbocycles. The molecular formula is C20H19FN2O3. The number of hydrogen-bond donors (Lipinski definition) is 2. The molecule has 0 aromatic heterocycles. The van der Waals surface area contributed by atoms with Gasteiger partial charge < -0.3 is 10.6 Å². The van der Waals surface area contributed by atoms with Crippen LogP contribution in [0.15, 0.2) is 42.5 Å². The second kappa shape index (κ2) is 6.71. The van der Waals surface area contributed by atoms with E-state index >= 15 is 0 Å². The van der Waals surface area contributed by atoms with Gasteiger partial charge in [-0.05, 0) is 49.7 Å². The van der Waals surface area contributed by atoms with Gasteiger partial charge in [0.2, 0.25) is 11.8 Å². The molecule has 134 valence electrons. The zero-order valence-electron chi connectivity index (χ0n) is 14.6. The van der Waals surface area contributed by atoms with Crippen LogP contribution < -0.4 is 10.6 Å². The van der Waals surface area contributed by atoms with E-state index in [0.717, 1.165) is 11.3 Å². The number of ketones is 1. The van der Waals surface area contributed by atoms with Crippen molar-refractivity contribution < 1.29 is 18.8 Å². The first-order valence-electron chi connectivity index (χ1n) is 8.32. The lowest BCUT2D eigenvalue weighted by molar-refractivity contribution is -0.119. The number of nitrogens with one attached hydrogen (secondary N) is 2. The Kier molecular flexibility index (Phi) is 4.59. The molecule has 0 bridgehead atoms. The van der Waals surface area contributed by atoms with Gasteiger partial charge in [0.15, 0.2) is 5.78 Å². The van der Waals surface area contributed by atoms with Crippen LogP contribution in [0.4, 0.5) is 15.8 Å². The summed E-state index contributed by atoms with van der Waals surface area (Å²) in [6.07, 6.45) is -0.131. The van der Waals surface area contributed by atoms with Crippen molar-refractivity contribution in [3.63, 3.8) is 0 Å². The van der Waals surface area contributed by atoms with Gasteiger partial charge in [-0.3, -0.25) is 14.4 Å². The molecule has 0 saturated heterocycles. The number of benzene rings is 2. The van der Waals surface area contributed by atoms with Crippen LogP contribution in [0.5, 0.6) is 0 Å². The minimum atomic E-state index is -0.670. The summed E-state index contributed by atoms with van der Waals surface area (Å²) in [5.41, 5.74) is 1.41. The molecule has 2 N–H and O–H groups in total. The van der Waals surface area contributed by atoms with Crippen LogP contribution in [0.25, 0.3) is 0 Å². The van der Waals surface area contributed by atoms with Crippen molar-refractivity contribution in [3.05, 3.63) is 59.4 Å². The van der Waals surface area contributed by atoms with Crippen molar-refractivity contribution in [1.82, 2.24) is 0 Å². The van der Waals surface area contributed by atoms with Crippen LogP contribution in [0, 0.1) is 5.82 Å². The minimum Gasteiger partial charge on any atom is -0.326 e. The number of fused-ring (bicyclic) bond motifs is 1. The van der Waals surface area contributed by atoms with Gasteiger partial charge in [-0.1, -0.05) is 12.1 Å². The molecule has 2 amide bonds. The molecule has 2 aromatic rings. The quantitative estimate of drug-likeness (QED) is 0.805. The number of anilines is 2. The van der Waals surface area contributed by atoms with Crippen molar-refractivity contribution in [2.45, 2.75) is 32.1 Å². The van der Waals surface area contributed by atoms with Gasteiger partial charge in [0, 0.05) is 24.2 Å². The SMILES string of the molecule is CC1(C)C(=O)Nc2ccc(NC(=O)CCC(=O)c3ccccc3F)cc21. The van der Waals surface area contributed by atoms with E-state index in [9.17, 15) is 18.8 Å². The van der Waals surface area contributed by atoms with Crippen molar-refractivity contribution >= 4 is 29.0 Å². The average molecular weight is 354 g/mol. The lowest BCUT2D eigenvalue weighted by Gasteiger charge is -2.16. The molecule has 1 aliphatic heterocycles. The van der Waals surface area contributed by atoms with Crippen molar-refractivity contribution in [1.29, 1.82) is 0 Å². The highest BCUT2D eigenvalue weighted by molar-refractivity contribution is 6.06. The summed E-state index contributed by atoms with van der Waals surface area (Å²) in [4.78, 5) is 36.1. The van der Waals surface area contributed by atoms with E-state index in [0.29, 0.717) is 5.69 Å². The maximum Gasteiger partial charge on any atom is 0.234 e. The van der Waals surface area contributed by atoms with Crippen molar-refractivity contribution in [3.8, 4) is 0 Å². The summed E-state index contributed by atoms with van der Waals surface area (Å²) in [5, 5.41) is 5.52.